The van der Waals surface area contributed by atoms with E-state index in [1.165, 1.54) is 24.5 Å². The molecule has 0 aliphatic heterocycles. The first-order valence-corrected chi connectivity index (χ1v) is 6.61. The smallest absolute Gasteiger partial charge is 0.388 e. The van der Waals surface area contributed by atoms with Gasteiger partial charge in [0.2, 0.25) is 0 Å². The number of pyridine rings is 1. The van der Waals surface area contributed by atoms with Crippen molar-refractivity contribution in [2.24, 2.45) is 0 Å². The molecular formula is C14H11BrF3NO. The Hall–Kier alpha value is -1.40. The van der Waals surface area contributed by atoms with Crippen LogP contribution in [0.3, 0.4) is 0 Å². The van der Waals surface area contributed by atoms with E-state index in [0.29, 0.717) is 4.47 Å². The van der Waals surface area contributed by atoms with E-state index in [0.717, 1.165) is 11.6 Å². The number of rotatable bonds is 3. The zero-order chi connectivity index (χ0) is 14.8. The van der Waals surface area contributed by atoms with Crippen molar-refractivity contribution in [1.82, 2.24) is 4.98 Å². The second-order valence-electron chi connectivity index (χ2n) is 4.30. The van der Waals surface area contributed by atoms with Gasteiger partial charge in [-0.1, -0.05) is 22.0 Å². The number of hydrogen-bond acceptors (Lipinski definition) is 2. The highest BCUT2D eigenvalue weighted by Gasteiger charge is 2.35. The van der Waals surface area contributed by atoms with Gasteiger partial charge in [-0.15, -0.1) is 0 Å². The zero-order valence-corrected chi connectivity index (χ0v) is 11.8. The molecule has 1 N–H and O–H groups in total. The molecule has 6 heteroatoms. The maximum absolute atomic E-state index is 13.0. The van der Waals surface area contributed by atoms with Gasteiger partial charge in [-0.2, -0.15) is 13.2 Å². The first-order valence-electron chi connectivity index (χ1n) is 5.81. The fraction of sp³-hybridized carbons (Fsp3) is 0.214. The summed E-state index contributed by atoms with van der Waals surface area (Å²) in [6.07, 6.45) is -2.55. The summed E-state index contributed by atoms with van der Waals surface area (Å²) in [5.41, 5.74) is -0.227. The van der Waals surface area contributed by atoms with Crippen molar-refractivity contribution < 1.29 is 18.3 Å². The van der Waals surface area contributed by atoms with Crippen molar-refractivity contribution in [1.29, 1.82) is 0 Å². The molecule has 2 rings (SSSR count). The van der Waals surface area contributed by atoms with E-state index in [1.54, 1.807) is 12.1 Å². The van der Waals surface area contributed by atoms with Gasteiger partial charge in [0.15, 0.2) is 0 Å². The summed E-state index contributed by atoms with van der Waals surface area (Å²) in [5.74, 6) is 0. The highest BCUT2D eigenvalue weighted by atomic mass is 79.9. The first-order chi connectivity index (χ1) is 9.38. The van der Waals surface area contributed by atoms with Crippen LogP contribution in [0, 0.1) is 0 Å². The monoisotopic (exact) mass is 345 g/mol. The molecule has 0 radical (unpaired) electrons. The van der Waals surface area contributed by atoms with E-state index in [1.807, 2.05) is 0 Å². The van der Waals surface area contributed by atoms with E-state index >= 15 is 0 Å². The van der Waals surface area contributed by atoms with Crippen molar-refractivity contribution in [2.45, 2.75) is 18.7 Å². The van der Waals surface area contributed by atoms with Crippen molar-refractivity contribution in [2.75, 3.05) is 0 Å². The number of benzene rings is 1. The number of alkyl halides is 3. The van der Waals surface area contributed by atoms with Crippen LogP contribution in [0.4, 0.5) is 13.2 Å². The Labute approximate surface area is 122 Å². The summed E-state index contributed by atoms with van der Waals surface area (Å²) in [6.45, 7) is 0. The van der Waals surface area contributed by atoms with E-state index in [9.17, 15) is 18.3 Å². The summed E-state index contributed by atoms with van der Waals surface area (Å²) in [5, 5.41) is 10.1. The molecule has 0 fully saturated rings. The number of aliphatic hydroxyl groups is 1. The molecule has 20 heavy (non-hydrogen) atoms. The van der Waals surface area contributed by atoms with Crippen LogP contribution in [0.2, 0.25) is 0 Å². The van der Waals surface area contributed by atoms with E-state index in [4.69, 9.17) is 0 Å². The van der Waals surface area contributed by atoms with Crippen molar-refractivity contribution >= 4 is 15.9 Å². The van der Waals surface area contributed by atoms with Crippen LogP contribution in [0.15, 0.2) is 47.2 Å². The summed E-state index contributed by atoms with van der Waals surface area (Å²) in [4.78, 5) is 3.83. The number of nitrogens with zero attached hydrogens (tertiary/aromatic N) is 1. The fourth-order valence-corrected chi connectivity index (χ4v) is 2.28. The minimum Gasteiger partial charge on any atom is -0.388 e. The molecule has 1 aromatic carbocycles. The van der Waals surface area contributed by atoms with Crippen molar-refractivity contribution in [3.05, 3.63) is 63.9 Å². The van der Waals surface area contributed by atoms with Gasteiger partial charge in [-0.25, -0.2) is 0 Å². The third-order valence-corrected chi connectivity index (χ3v) is 3.35. The lowest BCUT2D eigenvalue weighted by molar-refractivity contribution is -0.139. The molecule has 0 aliphatic carbocycles. The van der Waals surface area contributed by atoms with Crippen LogP contribution >= 0.6 is 15.9 Å². The first kappa shape index (κ1) is 15.0. The molecule has 1 unspecified atom stereocenters. The third-order valence-electron chi connectivity index (χ3n) is 2.86. The largest absolute Gasteiger partial charge is 0.416 e. The molecule has 1 atom stereocenters. The van der Waals surface area contributed by atoms with Gasteiger partial charge in [-0.3, -0.25) is 4.98 Å². The van der Waals surface area contributed by atoms with Gasteiger partial charge in [0.05, 0.1) is 11.7 Å². The summed E-state index contributed by atoms with van der Waals surface area (Å²) in [7, 11) is 0. The van der Waals surface area contributed by atoms with Gasteiger partial charge in [0.25, 0.3) is 0 Å². The Kier molecular flexibility index (Phi) is 4.45. The Bertz CT molecular complexity index is 587. The molecule has 0 amide bonds. The standard InChI is InChI=1S/C14H11BrF3NO/c15-10-1-2-11(12(8-10)14(16,17)18)13(20)7-9-3-5-19-6-4-9/h1-6,8,13,20H,7H2. The average Bonchev–Trinajstić information content (AvgIpc) is 2.38. The molecule has 0 saturated heterocycles. The minimum atomic E-state index is -4.50. The van der Waals surface area contributed by atoms with Crippen LogP contribution in [-0.2, 0) is 12.6 Å². The van der Waals surface area contributed by atoms with Gasteiger partial charge in [0.1, 0.15) is 0 Å². The van der Waals surface area contributed by atoms with Gasteiger partial charge >= 0.3 is 6.18 Å². The topological polar surface area (TPSA) is 33.1 Å². The average molecular weight is 346 g/mol. The van der Waals surface area contributed by atoms with E-state index in [-0.39, 0.29) is 12.0 Å². The SMILES string of the molecule is OC(Cc1ccncc1)c1ccc(Br)cc1C(F)(F)F. The predicted octanol–water partition coefficient (Wildman–Crippen LogP) is 4.14. The molecule has 2 aromatic rings. The fourth-order valence-electron chi connectivity index (χ4n) is 1.92. The summed E-state index contributed by atoms with van der Waals surface area (Å²) in [6, 6.07) is 7.08. The lowest BCUT2D eigenvalue weighted by atomic mass is 9.97. The molecule has 0 saturated carbocycles. The summed E-state index contributed by atoms with van der Waals surface area (Å²) < 4.78 is 39.3. The normalized spacial score (nSPS) is 13.2. The highest BCUT2D eigenvalue weighted by molar-refractivity contribution is 9.10. The lowest BCUT2D eigenvalue weighted by Gasteiger charge is -2.18. The van der Waals surface area contributed by atoms with Crippen molar-refractivity contribution in [3.63, 3.8) is 0 Å². The molecule has 1 heterocycles. The van der Waals surface area contributed by atoms with Gasteiger partial charge in [0, 0.05) is 23.3 Å². The Balaban J connectivity index is 2.32. The lowest BCUT2D eigenvalue weighted by Crippen LogP contribution is -2.13. The number of halogens is 4. The zero-order valence-electron chi connectivity index (χ0n) is 10.2. The molecule has 0 spiro atoms. The predicted molar refractivity (Wildman–Crippen MR) is 72.0 cm³/mol. The third kappa shape index (κ3) is 3.58. The number of aliphatic hydroxyl groups excluding tert-OH is 1. The second kappa shape index (κ2) is 5.93. The maximum atomic E-state index is 13.0. The van der Waals surface area contributed by atoms with Crippen LogP contribution < -0.4 is 0 Å². The van der Waals surface area contributed by atoms with Crippen molar-refractivity contribution in [3.8, 4) is 0 Å². The molecule has 1 aromatic heterocycles. The molecule has 106 valence electrons. The van der Waals surface area contributed by atoms with Crippen LogP contribution in [-0.4, -0.2) is 10.1 Å². The van der Waals surface area contributed by atoms with Crippen LogP contribution in [0.5, 0.6) is 0 Å². The Morgan fingerprint density at radius 3 is 2.40 bits per heavy atom. The Morgan fingerprint density at radius 2 is 1.80 bits per heavy atom. The van der Waals surface area contributed by atoms with Gasteiger partial charge < -0.3 is 5.11 Å². The molecular weight excluding hydrogens is 335 g/mol. The van der Waals surface area contributed by atoms with Crippen LogP contribution in [0.25, 0.3) is 0 Å². The summed E-state index contributed by atoms with van der Waals surface area (Å²) >= 11 is 3.01. The minimum absolute atomic E-state index is 0.104. The van der Waals surface area contributed by atoms with Crippen LogP contribution in [0.1, 0.15) is 22.8 Å². The second-order valence-corrected chi connectivity index (χ2v) is 5.22. The van der Waals surface area contributed by atoms with E-state index in [2.05, 4.69) is 20.9 Å². The molecule has 0 aliphatic rings. The highest BCUT2D eigenvalue weighted by Crippen LogP contribution is 2.37. The Morgan fingerprint density at radius 1 is 1.15 bits per heavy atom. The maximum Gasteiger partial charge on any atom is 0.416 e. The van der Waals surface area contributed by atoms with E-state index < -0.39 is 17.8 Å². The number of hydrogen-bond donors (Lipinski definition) is 1. The van der Waals surface area contributed by atoms with Gasteiger partial charge in [-0.05, 0) is 35.4 Å². The molecule has 0 bridgehead atoms. The quantitative estimate of drug-likeness (QED) is 0.906. The molecule has 2 nitrogen and oxygen atoms in total. The number of aromatic nitrogens is 1.